The van der Waals surface area contributed by atoms with Crippen molar-refractivity contribution in [2.24, 2.45) is 28.9 Å². The van der Waals surface area contributed by atoms with Crippen molar-refractivity contribution in [3.05, 3.63) is 77.2 Å². The summed E-state index contributed by atoms with van der Waals surface area (Å²) in [5, 5.41) is 69.1. The Morgan fingerprint density at radius 3 is 2.59 bits per heavy atom. The zero-order valence-electron chi connectivity index (χ0n) is 30.7. The molecule has 0 radical (unpaired) electrons. The van der Waals surface area contributed by atoms with Crippen molar-refractivity contribution in [1.82, 2.24) is 10.6 Å². The normalized spacial score (nSPS) is 30.7. The number of piperidine rings is 1. The van der Waals surface area contributed by atoms with Crippen LogP contribution in [0.4, 0.5) is 0 Å². The number of hydrogen-bond donors (Lipinski definition) is 9. The number of hydrogen-bond acceptors (Lipinski definition) is 13. The Labute approximate surface area is 314 Å². The molecule has 9 atom stereocenters. The Hall–Kier alpha value is -4.47. The van der Waals surface area contributed by atoms with E-state index < -0.39 is 48.3 Å². The summed E-state index contributed by atoms with van der Waals surface area (Å²) in [5.41, 5.74) is 7.74. The van der Waals surface area contributed by atoms with Crippen LogP contribution in [0.2, 0.25) is 0 Å². The number of carboxylic acid groups (broad SMARTS) is 1. The molecule has 0 aromatic heterocycles. The van der Waals surface area contributed by atoms with Crippen molar-refractivity contribution in [2.75, 3.05) is 33.7 Å². The molecule has 2 saturated heterocycles. The van der Waals surface area contributed by atoms with Crippen molar-refractivity contribution < 1.29 is 54.4 Å². The molecular formula is C40H53N3O11. The third-order valence-electron chi connectivity index (χ3n) is 11.6. The summed E-state index contributed by atoms with van der Waals surface area (Å²) >= 11 is 0. The number of benzene rings is 2. The maximum absolute atomic E-state index is 12.8. The van der Waals surface area contributed by atoms with Gasteiger partial charge in [-0.3, -0.25) is 4.79 Å². The number of dihydropyridines is 1. The van der Waals surface area contributed by atoms with E-state index in [1.165, 1.54) is 13.2 Å². The van der Waals surface area contributed by atoms with Crippen LogP contribution in [0.3, 0.4) is 0 Å². The average molecular weight is 752 g/mol. The fourth-order valence-corrected chi connectivity index (χ4v) is 8.92. The number of aliphatic carboxylic acids is 1. The van der Waals surface area contributed by atoms with Crippen LogP contribution < -0.4 is 30.6 Å². The largest absolute Gasteiger partial charge is 0.504 e. The predicted octanol–water partition coefficient (Wildman–Crippen LogP) is 2.98. The van der Waals surface area contributed by atoms with Gasteiger partial charge in [0.15, 0.2) is 29.8 Å². The van der Waals surface area contributed by atoms with Crippen LogP contribution in [0.25, 0.3) is 0 Å². The maximum Gasteiger partial charge on any atom is 0.311 e. The van der Waals surface area contributed by atoms with Crippen molar-refractivity contribution in [3.8, 4) is 28.7 Å². The zero-order valence-corrected chi connectivity index (χ0v) is 30.7. The van der Waals surface area contributed by atoms with Gasteiger partial charge in [0, 0.05) is 42.5 Å². The molecule has 0 saturated carbocycles. The molecule has 1 aliphatic carbocycles. The van der Waals surface area contributed by atoms with E-state index in [0.29, 0.717) is 43.6 Å². The molecule has 3 heterocycles. The molecule has 2 aromatic rings. The first kappa shape index (κ1) is 39.2. The van der Waals surface area contributed by atoms with Gasteiger partial charge in [0.25, 0.3) is 0 Å². The van der Waals surface area contributed by atoms with Gasteiger partial charge >= 0.3 is 5.97 Å². The van der Waals surface area contributed by atoms with Gasteiger partial charge in [-0.05, 0) is 92.5 Å². The first-order valence-corrected chi connectivity index (χ1v) is 18.6. The SMILES string of the molecule is COc1cc([C@H]2O[C@@H](CCc3ccc(O)c(OCO)c3)C[C@H](O)[C@@H]2CCO)cc(OC[C@H]2N[C@H](C)CC[C@]23[C@@H](C(=O)O)C=C[C@@H]3C2=CCNC(N)=C2)c1O. The molecule has 2 fully saturated rings. The fraction of sp³-hybridized carbons (Fsp3) is 0.525. The topological polar surface area (TPSA) is 225 Å². The molecule has 0 bridgehead atoms. The minimum atomic E-state index is -0.921. The van der Waals surface area contributed by atoms with Crippen molar-refractivity contribution in [1.29, 1.82) is 0 Å². The number of nitrogens with one attached hydrogen (secondary N) is 2. The molecule has 3 aliphatic heterocycles. The number of allylic oxidation sites excluding steroid dienone is 3. The van der Waals surface area contributed by atoms with Crippen LogP contribution >= 0.6 is 0 Å². The highest BCUT2D eigenvalue weighted by atomic mass is 16.6. The lowest BCUT2D eigenvalue weighted by Gasteiger charge is -2.50. The summed E-state index contributed by atoms with van der Waals surface area (Å²) in [6, 6.07) is 7.85. The second-order valence-corrected chi connectivity index (χ2v) is 14.8. The summed E-state index contributed by atoms with van der Waals surface area (Å²) in [7, 11) is 1.43. The zero-order chi connectivity index (χ0) is 38.6. The predicted molar refractivity (Wildman–Crippen MR) is 198 cm³/mol. The number of aliphatic hydroxyl groups is 3. The second kappa shape index (κ2) is 16.9. The molecule has 1 spiro atoms. The molecule has 4 aliphatic rings. The van der Waals surface area contributed by atoms with E-state index in [-0.39, 0.29) is 66.4 Å². The smallest absolute Gasteiger partial charge is 0.311 e. The number of rotatable bonds is 14. The van der Waals surface area contributed by atoms with Gasteiger partial charge in [-0.2, -0.15) is 0 Å². The Balaban J connectivity index is 1.27. The highest BCUT2D eigenvalue weighted by molar-refractivity contribution is 5.75. The number of phenols is 2. The molecule has 14 nitrogen and oxygen atoms in total. The first-order chi connectivity index (χ1) is 26.0. The number of methoxy groups -OCH3 is 1. The third kappa shape index (κ3) is 7.98. The van der Waals surface area contributed by atoms with Gasteiger partial charge in [-0.15, -0.1) is 0 Å². The van der Waals surface area contributed by atoms with Gasteiger partial charge in [0.1, 0.15) is 6.61 Å². The Morgan fingerprint density at radius 2 is 1.87 bits per heavy atom. The fourth-order valence-electron chi connectivity index (χ4n) is 8.92. The number of nitrogens with two attached hydrogens (primary N) is 1. The van der Waals surface area contributed by atoms with Crippen LogP contribution in [0.1, 0.15) is 56.3 Å². The van der Waals surface area contributed by atoms with Crippen LogP contribution in [0.5, 0.6) is 28.7 Å². The molecule has 294 valence electrons. The van der Waals surface area contributed by atoms with Crippen LogP contribution in [0.15, 0.2) is 66.0 Å². The lowest BCUT2D eigenvalue weighted by molar-refractivity contribution is -0.147. The molecule has 2 aromatic carbocycles. The highest BCUT2D eigenvalue weighted by Crippen LogP contribution is 2.55. The van der Waals surface area contributed by atoms with Crippen LogP contribution in [0, 0.1) is 23.2 Å². The highest BCUT2D eigenvalue weighted by Gasteiger charge is 2.57. The summed E-state index contributed by atoms with van der Waals surface area (Å²) in [6.45, 7) is 1.87. The van der Waals surface area contributed by atoms with Crippen molar-refractivity contribution in [3.63, 3.8) is 0 Å². The number of aliphatic hydroxyl groups excluding tert-OH is 3. The van der Waals surface area contributed by atoms with E-state index in [1.807, 2.05) is 18.2 Å². The van der Waals surface area contributed by atoms with Crippen molar-refractivity contribution >= 4 is 5.97 Å². The summed E-state index contributed by atoms with van der Waals surface area (Å²) in [5.74, 6) is -1.82. The third-order valence-corrected chi connectivity index (χ3v) is 11.6. The average Bonchev–Trinajstić information content (AvgIpc) is 3.54. The van der Waals surface area contributed by atoms with E-state index in [4.69, 9.17) is 29.8 Å². The van der Waals surface area contributed by atoms with Gasteiger partial charge in [-0.25, -0.2) is 0 Å². The number of carbonyl (C=O) groups is 1. The second-order valence-electron chi connectivity index (χ2n) is 14.8. The number of aryl methyl sites for hydroxylation is 1. The number of aromatic hydroxyl groups is 2. The number of ether oxygens (including phenoxy) is 4. The van der Waals surface area contributed by atoms with E-state index >= 15 is 0 Å². The molecule has 54 heavy (non-hydrogen) atoms. The first-order valence-electron chi connectivity index (χ1n) is 18.6. The van der Waals surface area contributed by atoms with Gasteiger partial charge in [0.2, 0.25) is 5.75 Å². The van der Waals surface area contributed by atoms with Gasteiger partial charge in [0.05, 0.1) is 37.2 Å². The lowest BCUT2D eigenvalue weighted by Crippen LogP contribution is -2.61. The monoisotopic (exact) mass is 751 g/mol. The Kier molecular flexibility index (Phi) is 12.3. The molecule has 14 heteroatoms. The molecule has 10 N–H and O–H groups in total. The van der Waals surface area contributed by atoms with E-state index in [1.54, 1.807) is 30.3 Å². The number of phenolic OH excluding ortho intramolecular Hbond substituents is 2. The molecule has 0 amide bonds. The van der Waals surface area contributed by atoms with Crippen molar-refractivity contribution in [2.45, 2.75) is 75.8 Å². The molecule has 6 rings (SSSR count). The maximum atomic E-state index is 12.8. The van der Waals surface area contributed by atoms with Gasteiger partial charge < -0.3 is 66.0 Å². The Morgan fingerprint density at radius 1 is 1.07 bits per heavy atom. The number of carboxylic acids is 1. The van der Waals surface area contributed by atoms with Crippen LogP contribution in [-0.2, 0) is 16.0 Å². The summed E-state index contributed by atoms with van der Waals surface area (Å²) in [4.78, 5) is 12.8. The summed E-state index contributed by atoms with van der Waals surface area (Å²) in [6.07, 6.45) is 8.78. The molecule has 0 unspecified atom stereocenters. The standard InChI is InChI=1S/C40H53N3O11/c1-22-9-12-40(28(6-7-29(40)39(49)50)24-10-13-42-36(41)18-24)35(43-22)20-52-34-17-25(16-33(51-2)37(34)48)38-27(11-14-44)31(47)19-26(54-38)5-3-23-4-8-30(46)32(15-23)53-21-45/h4,6-8,10,15-18,22,26-29,31,35,38,42-48H,3,5,9,11-14,19-21,41H2,1-2H3,(H,49,50)/t22-,26+,27+,28-,29-,31+,35-,38-,40+/m1/s1. The summed E-state index contributed by atoms with van der Waals surface area (Å²) < 4.78 is 23.8. The molecular weight excluding hydrogens is 698 g/mol. The van der Waals surface area contributed by atoms with E-state index in [9.17, 15) is 30.3 Å². The quantitative estimate of drug-likeness (QED) is 0.100. The lowest BCUT2D eigenvalue weighted by atomic mass is 9.59. The minimum Gasteiger partial charge on any atom is -0.504 e. The van der Waals surface area contributed by atoms with E-state index in [2.05, 4.69) is 17.6 Å². The van der Waals surface area contributed by atoms with Gasteiger partial charge in [-0.1, -0.05) is 24.3 Å². The Bertz CT molecular complexity index is 1750. The van der Waals surface area contributed by atoms with E-state index in [0.717, 1.165) is 17.6 Å². The van der Waals surface area contributed by atoms with Crippen LogP contribution in [-0.4, -0.2) is 94.6 Å². The minimum absolute atomic E-state index is 0.0304.